The number of hydrogen-bond acceptors (Lipinski definition) is 7. The van der Waals surface area contributed by atoms with Gasteiger partial charge in [0.1, 0.15) is 0 Å². The quantitative estimate of drug-likeness (QED) is 0.613. The molecule has 0 unspecified atom stereocenters. The molecule has 8 heteroatoms. The fourth-order valence-electron chi connectivity index (χ4n) is 3.73. The van der Waals surface area contributed by atoms with E-state index in [-0.39, 0.29) is 11.7 Å². The number of nitrogens with two attached hydrogens (primary N) is 1. The summed E-state index contributed by atoms with van der Waals surface area (Å²) in [4.78, 5) is 36.0. The lowest BCUT2D eigenvalue weighted by atomic mass is 10.0. The highest BCUT2D eigenvalue weighted by atomic mass is 16.2. The number of anilines is 1. The van der Waals surface area contributed by atoms with Crippen molar-refractivity contribution < 1.29 is 9.59 Å². The number of hydrogen-bond donors (Lipinski definition) is 3. The summed E-state index contributed by atoms with van der Waals surface area (Å²) in [6.07, 6.45) is 11.3. The number of carbonyl (C=O) groups excluding carboxylic acids is 2. The van der Waals surface area contributed by atoms with Crippen LogP contribution in [0.5, 0.6) is 0 Å². The summed E-state index contributed by atoms with van der Waals surface area (Å²) in [5.74, 6) is 0.674. The molecule has 2 heterocycles. The molecule has 2 rings (SSSR count). The van der Waals surface area contributed by atoms with Gasteiger partial charge in [0, 0.05) is 25.7 Å². The summed E-state index contributed by atoms with van der Waals surface area (Å²) in [5, 5.41) is 6.24. The molecule has 174 valence electrons. The molecule has 0 saturated heterocycles. The van der Waals surface area contributed by atoms with Crippen LogP contribution in [-0.4, -0.2) is 66.3 Å². The van der Waals surface area contributed by atoms with Gasteiger partial charge < -0.3 is 21.3 Å². The van der Waals surface area contributed by atoms with E-state index < -0.39 is 6.04 Å². The Hall–Kier alpha value is -2.06. The third kappa shape index (κ3) is 9.74. The lowest BCUT2D eigenvalue weighted by molar-refractivity contribution is -0.122. The van der Waals surface area contributed by atoms with Crippen LogP contribution >= 0.6 is 0 Å². The lowest BCUT2D eigenvalue weighted by Crippen LogP contribution is -2.40. The van der Waals surface area contributed by atoms with Gasteiger partial charge in [-0.05, 0) is 59.2 Å². The monoisotopic (exact) mass is 432 g/mol. The molecule has 0 fully saturated rings. The first-order chi connectivity index (χ1) is 15.0. The number of amides is 1. The Morgan fingerprint density at radius 3 is 2.55 bits per heavy atom. The Labute approximate surface area is 186 Å². The Bertz CT molecular complexity index is 695. The van der Waals surface area contributed by atoms with Crippen LogP contribution < -0.4 is 16.4 Å². The average Bonchev–Trinajstić information content (AvgIpc) is 2.74. The van der Waals surface area contributed by atoms with Crippen LogP contribution in [0.1, 0.15) is 80.3 Å². The zero-order chi connectivity index (χ0) is 22.5. The molecular formula is C23H40N6O2. The number of carbonyl (C=O) groups is 2. The fourth-order valence-corrected chi connectivity index (χ4v) is 3.73. The highest BCUT2D eigenvalue weighted by Gasteiger charge is 2.16. The number of aromatic nitrogens is 2. The number of fused-ring (bicyclic) bond motifs is 2. The van der Waals surface area contributed by atoms with E-state index in [0.29, 0.717) is 30.9 Å². The summed E-state index contributed by atoms with van der Waals surface area (Å²) < 4.78 is 0. The molecule has 1 aromatic heterocycles. The molecule has 0 aliphatic carbocycles. The van der Waals surface area contributed by atoms with Crippen molar-refractivity contribution in [2.75, 3.05) is 39.0 Å². The summed E-state index contributed by atoms with van der Waals surface area (Å²) in [5.41, 5.74) is 7.50. The summed E-state index contributed by atoms with van der Waals surface area (Å²) in [6, 6.07) is -0.442. The van der Waals surface area contributed by atoms with E-state index in [1.807, 2.05) is 14.1 Å². The lowest BCUT2D eigenvalue weighted by Gasteiger charge is -2.14. The van der Waals surface area contributed by atoms with E-state index >= 15 is 0 Å². The molecule has 4 N–H and O–H groups in total. The maximum atomic E-state index is 12.8. The first-order valence-electron chi connectivity index (χ1n) is 11.8. The van der Waals surface area contributed by atoms with Gasteiger partial charge in [0.25, 0.3) is 0 Å². The Kier molecular flexibility index (Phi) is 11.5. The molecular weight excluding hydrogens is 392 g/mol. The molecule has 8 nitrogen and oxygen atoms in total. The molecule has 0 spiro atoms. The molecule has 2 bridgehead atoms. The maximum absolute atomic E-state index is 12.8. The van der Waals surface area contributed by atoms with Gasteiger partial charge in [-0.3, -0.25) is 9.59 Å². The number of nitrogens with one attached hydrogen (secondary N) is 2. The van der Waals surface area contributed by atoms with Crippen LogP contribution in [-0.2, 0) is 11.2 Å². The molecule has 0 radical (unpaired) electrons. The second-order valence-electron chi connectivity index (χ2n) is 8.72. The van der Waals surface area contributed by atoms with Gasteiger partial charge >= 0.3 is 0 Å². The fraction of sp³-hybridized carbons (Fsp3) is 0.739. The van der Waals surface area contributed by atoms with E-state index in [1.165, 1.54) is 0 Å². The first-order valence-corrected chi connectivity index (χ1v) is 11.8. The van der Waals surface area contributed by atoms with Gasteiger partial charge in [0.05, 0.1) is 17.3 Å². The van der Waals surface area contributed by atoms with Crippen molar-refractivity contribution in [2.24, 2.45) is 5.73 Å². The minimum absolute atomic E-state index is 0.0474. The van der Waals surface area contributed by atoms with Crippen molar-refractivity contribution >= 4 is 17.6 Å². The molecule has 1 atom stereocenters. The standard InChI is InChI=1S/C23H40N6O2/c1-29(2)16-10-13-21(30)18-17-27-23-26-15-9-4-3-8-14-25-22(31)19(24)11-6-5-7-12-20(18)28-23/h17,19H,3-16,24H2,1-2H3,(H,25,31)(H,26,27,28)/t19-/m0/s1. The van der Waals surface area contributed by atoms with Crippen LogP contribution in [0.15, 0.2) is 6.20 Å². The number of rotatable bonds is 5. The molecule has 1 amide bonds. The largest absolute Gasteiger partial charge is 0.355 e. The van der Waals surface area contributed by atoms with Crippen molar-refractivity contribution in [2.45, 2.75) is 76.7 Å². The summed E-state index contributed by atoms with van der Waals surface area (Å²) in [6.45, 7) is 2.37. The summed E-state index contributed by atoms with van der Waals surface area (Å²) >= 11 is 0. The number of Topliss-reactive ketones (excluding diaryl/α,β-unsaturated/α-hetero) is 1. The van der Waals surface area contributed by atoms with Crippen LogP contribution in [0, 0.1) is 0 Å². The van der Waals surface area contributed by atoms with Crippen molar-refractivity contribution in [3.8, 4) is 0 Å². The minimum atomic E-state index is -0.442. The second-order valence-corrected chi connectivity index (χ2v) is 8.72. The number of nitrogens with zero attached hydrogens (tertiary/aromatic N) is 3. The highest BCUT2D eigenvalue weighted by Crippen LogP contribution is 2.16. The third-order valence-corrected chi connectivity index (χ3v) is 5.63. The smallest absolute Gasteiger partial charge is 0.236 e. The van der Waals surface area contributed by atoms with Crippen molar-refractivity contribution in [3.63, 3.8) is 0 Å². The van der Waals surface area contributed by atoms with Gasteiger partial charge in [-0.1, -0.05) is 25.7 Å². The zero-order valence-electron chi connectivity index (χ0n) is 19.3. The van der Waals surface area contributed by atoms with Crippen molar-refractivity contribution in [3.05, 3.63) is 17.5 Å². The van der Waals surface area contributed by atoms with E-state index in [1.54, 1.807) is 6.20 Å². The molecule has 1 aliphatic rings. The molecule has 1 aliphatic heterocycles. The number of aryl methyl sites for hydroxylation is 1. The average molecular weight is 433 g/mol. The maximum Gasteiger partial charge on any atom is 0.236 e. The van der Waals surface area contributed by atoms with Gasteiger partial charge in [-0.25, -0.2) is 9.97 Å². The summed E-state index contributed by atoms with van der Waals surface area (Å²) in [7, 11) is 4.02. The van der Waals surface area contributed by atoms with E-state index in [4.69, 9.17) is 5.73 Å². The Morgan fingerprint density at radius 2 is 1.81 bits per heavy atom. The van der Waals surface area contributed by atoms with Crippen LogP contribution in [0.25, 0.3) is 0 Å². The molecule has 0 aromatic carbocycles. The van der Waals surface area contributed by atoms with Gasteiger partial charge in [0.15, 0.2) is 5.78 Å². The Morgan fingerprint density at radius 1 is 1.10 bits per heavy atom. The second kappa shape index (κ2) is 14.1. The molecule has 1 aromatic rings. The SMILES string of the molecule is CN(C)CCCC(=O)c1cnc2nc1CCCCC[C@H](N)C(=O)NCCCCCCN2. The predicted molar refractivity (Wildman–Crippen MR) is 124 cm³/mol. The van der Waals surface area contributed by atoms with Crippen molar-refractivity contribution in [1.29, 1.82) is 0 Å². The van der Waals surface area contributed by atoms with Crippen LogP contribution in [0.4, 0.5) is 5.95 Å². The van der Waals surface area contributed by atoms with Gasteiger partial charge in [-0.2, -0.15) is 0 Å². The Balaban J connectivity index is 2.03. The van der Waals surface area contributed by atoms with E-state index in [9.17, 15) is 9.59 Å². The predicted octanol–water partition coefficient (Wildman–Crippen LogP) is 2.53. The third-order valence-electron chi connectivity index (χ3n) is 5.63. The topological polar surface area (TPSA) is 113 Å². The normalized spacial score (nSPS) is 19.7. The van der Waals surface area contributed by atoms with Crippen molar-refractivity contribution in [1.82, 2.24) is 20.2 Å². The van der Waals surface area contributed by atoms with E-state index in [0.717, 1.165) is 76.6 Å². The van der Waals surface area contributed by atoms with Crippen LogP contribution in [0.2, 0.25) is 0 Å². The zero-order valence-corrected chi connectivity index (χ0v) is 19.3. The van der Waals surface area contributed by atoms with E-state index in [2.05, 4.69) is 25.5 Å². The first kappa shape index (κ1) is 25.2. The molecule has 0 saturated carbocycles. The van der Waals surface area contributed by atoms with Gasteiger partial charge in [-0.15, -0.1) is 0 Å². The van der Waals surface area contributed by atoms with Gasteiger partial charge in [0.2, 0.25) is 11.9 Å². The molecule has 31 heavy (non-hydrogen) atoms. The number of ketones is 1. The minimum Gasteiger partial charge on any atom is -0.355 e. The van der Waals surface area contributed by atoms with Crippen LogP contribution in [0.3, 0.4) is 0 Å². The highest BCUT2D eigenvalue weighted by molar-refractivity contribution is 5.96.